The van der Waals surface area contributed by atoms with Crippen molar-refractivity contribution < 1.29 is 42.1 Å². The van der Waals surface area contributed by atoms with Crippen LogP contribution in [0.1, 0.15) is 32.4 Å². The number of esters is 3. The average molecular weight is 621 g/mol. The first-order valence-electron chi connectivity index (χ1n) is 12.3. The van der Waals surface area contributed by atoms with Gasteiger partial charge in [-0.25, -0.2) is 13.5 Å². The van der Waals surface area contributed by atoms with E-state index in [0.717, 1.165) is 30.8 Å². The largest absolute Gasteiger partial charge is 0.463 e. The molecule has 0 aliphatic carbocycles. The lowest BCUT2D eigenvalue weighted by Crippen LogP contribution is -2.57. The number of halogens is 3. The molecule has 1 aromatic heterocycles. The van der Waals surface area contributed by atoms with Gasteiger partial charge in [0.15, 0.2) is 23.8 Å². The standard InChI is InChI=1S/C27H23ClF2N4O7S/c1-13(35)38-12-23-25(39-14(2)36)24(34-11-22(32-33-34)16-5-7-20(29)21(30)8-16)26(40-15(3)37)27(41-23)42-18-6-4-17(10-31)19(28)9-18/h4-9,11,23-27H,12H2,1-3H3/t23?,24-,25-,26?,27+/m0/s1. The molecule has 2 aromatic carbocycles. The highest BCUT2D eigenvalue weighted by molar-refractivity contribution is 7.99. The van der Waals surface area contributed by atoms with E-state index in [1.165, 1.54) is 42.9 Å². The van der Waals surface area contributed by atoms with Gasteiger partial charge in [0.1, 0.15) is 36.0 Å². The highest BCUT2D eigenvalue weighted by atomic mass is 35.5. The molecule has 1 aliphatic rings. The molecule has 2 heterocycles. The Morgan fingerprint density at radius 2 is 1.76 bits per heavy atom. The third kappa shape index (κ3) is 7.22. The van der Waals surface area contributed by atoms with Crippen molar-refractivity contribution in [1.82, 2.24) is 15.0 Å². The van der Waals surface area contributed by atoms with Crippen LogP contribution in [0.4, 0.5) is 8.78 Å². The van der Waals surface area contributed by atoms with Crippen molar-refractivity contribution in [2.24, 2.45) is 0 Å². The SMILES string of the molecule is CC(=O)OCC1O[C@H](Sc2ccc(C#N)c(Cl)c2)C(OC(C)=O)[C@@H](n2cc(-c3ccc(F)c(F)c3)nn2)[C@H]1OC(C)=O. The molecule has 11 nitrogen and oxygen atoms in total. The van der Waals surface area contributed by atoms with Crippen molar-refractivity contribution in [3.05, 3.63) is 64.8 Å². The molecular weight excluding hydrogens is 598 g/mol. The van der Waals surface area contributed by atoms with Crippen LogP contribution in [0.15, 0.2) is 47.5 Å². The minimum absolute atomic E-state index is 0.142. The minimum Gasteiger partial charge on any atom is -0.463 e. The van der Waals surface area contributed by atoms with Crippen LogP contribution in [0.25, 0.3) is 11.3 Å². The Morgan fingerprint density at radius 3 is 2.38 bits per heavy atom. The quantitative estimate of drug-likeness (QED) is 0.264. The van der Waals surface area contributed by atoms with Crippen molar-refractivity contribution in [2.45, 2.75) is 55.5 Å². The number of nitrogens with zero attached hydrogens (tertiary/aromatic N) is 4. The molecule has 0 spiro atoms. The van der Waals surface area contributed by atoms with Gasteiger partial charge >= 0.3 is 17.9 Å². The number of aromatic nitrogens is 3. The van der Waals surface area contributed by atoms with E-state index in [2.05, 4.69) is 10.3 Å². The van der Waals surface area contributed by atoms with Gasteiger partial charge in [0.05, 0.1) is 16.8 Å². The van der Waals surface area contributed by atoms with E-state index in [0.29, 0.717) is 4.90 Å². The summed E-state index contributed by atoms with van der Waals surface area (Å²) >= 11 is 7.30. The van der Waals surface area contributed by atoms with Crippen molar-refractivity contribution in [2.75, 3.05) is 6.61 Å². The van der Waals surface area contributed by atoms with Crippen molar-refractivity contribution >= 4 is 41.3 Å². The van der Waals surface area contributed by atoms with E-state index in [1.807, 2.05) is 6.07 Å². The van der Waals surface area contributed by atoms with Crippen LogP contribution >= 0.6 is 23.4 Å². The maximum absolute atomic E-state index is 13.9. The van der Waals surface area contributed by atoms with Crippen LogP contribution in [0.3, 0.4) is 0 Å². The van der Waals surface area contributed by atoms with Crippen LogP contribution in [-0.2, 0) is 33.3 Å². The molecule has 2 unspecified atom stereocenters. The van der Waals surface area contributed by atoms with E-state index in [-0.39, 0.29) is 28.5 Å². The number of hydrogen-bond donors (Lipinski definition) is 0. The summed E-state index contributed by atoms with van der Waals surface area (Å²) in [6, 6.07) is 8.72. The van der Waals surface area contributed by atoms with Crippen LogP contribution in [-0.4, -0.2) is 63.3 Å². The van der Waals surface area contributed by atoms with E-state index in [9.17, 15) is 28.4 Å². The first kappa shape index (κ1) is 30.9. The zero-order valence-electron chi connectivity index (χ0n) is 22.3. The minimum atomic E-state index is -1.22. The number of nitriles is 1. The summed E-state index contributed by atoms with van der Waals surface area (Å²) in [5, 5.41) is 17.6. The summed E-state index contributed by atoms with van der Waals surface area (Å²) in [6.45, 7) is 3.19. The number of rotatable bonds is 8. The Kier molecular flexibility index (Phi) is 9.77. The molecule has 42 heavy (non-hydrogen) atoms. The van der Waals surface area contributed by atoms with Crippen molar-refractivity contribution in [3.63, 3.8) is 0 Å². The van der Waals surface area contributed by atoms with Gasteiger partial charge in [-0.3, -0.25) is 14.4 Å². The molecular formula is C27H23ClF2N4O7S. The topological polar surface area (TPSA) is 143 Å². The van der Waals surface area contributed by atoms with Crippen molar-refractivity contribution in [3.8, 4) is 17.3 Å². The second kappa shape index (κ2) is 13.3. The Balaban J connectivity index is 1.81. The number of benzene rings is 2. The number of ether oxygens (including phenoxy) is 4. The monoisotopic (exact) mass is 620 g/mol. The summed E-state index contributed by atoms with van der Waals surface area (Å²) in [5.74, 6) is -4.17. The fourth-order valence-corrected chi connectivity index (χ4v) is 5.72. The number of carbonyl (C=O) groups is 3. The lowest BCUT2D eigenvalue weighted by molar-refractivity contribution is -0.212. The second-order valence-electron chi connectivity index (χ2n) is 9.07. The Hall–Kier alpha value is -4.06. The second-order valence-corrected chi connectivity index (χ2v) is 10.6. The van der Waals surface area contributed by atoms with Crippen LogP contribution in [0, 0.1) is 23.0 Å². The Labute approximate surface area is 247 Å². The molecule has 0 amide bonds. The lowest BCUT2D eigenvalue weighted by Gasteiger charge is -2.44. The highest BCUT2D eigenvalue weighted by Crippen LogP contribution is 2.42. The molecule has 0 bridgehead atoms. The van der Waals surface area contributed by atoms with Gasteiger partial charge < -0.3 is 18.9 Å². The highest BCUT2D eigenvalue weighted by Gasteiger charge is 2.52. The third-order valence-corrected chi connectivity index (χ3v) is 7.47. The zero-order valence-corrected chi connectivity index (χ0v) is 23.9. The maximum atomic E-state index is 13.9. The van der Waals surface area contributed by atoms with E-state index >= 15 is 0 Å². The predicted octanol–water partition coefficient (Wildman–Crippen LogP) is 4.23. The van der Waals surface area contributed by atoms with Gasteiger partial charge in [-0.1, -0.05) is 28.6 Å². The van der Waals surface area contributed by atoms with Gasteiger partial charge in [0.2, 0.25) is 0 Å². The zero-order chi connectivity index (χ0) is 30.6. The summed E-state index contributed by atoms with van der Waals surface area (Å²) in [4.78, 5) is 36.7. The Morgan fingerprint density at radius 1 is 1.05 bits per heavy atom. The predicted molar refractivity (Wildman–Crippen MR) is 143 cm³/mol. The first-order chi connectivity index (χ1) is 20.0. The van der Waals surface area contributed by atoms with Gasteiger partial charge in [-0.05, 0) is 36.4 Å². The van der Waals surface area contributed by atoms with Crippen LogP contribution in [0.2, 0.25) is 5.02 Å². The smallest absolute Gasteiger partial charge is 0.303 e. The van der Waals surface area contributed by atoms with E-state index < -0.39 is 59.3 Å². The van der Waals surface area contributed by atoms with Gasteiger partial charge in [-0.2, -0.15) is 5.26 Å². The van der Waals surface area contributed by atoms with Crippen LogP contribution < -0.4 is 0 Å². The summed E-state index contributed by atoms with van der Waals surface area (Å²) in [5.41, 5.74) is -0.417. The molecule has 15 heteroatoms. The third-order valence-electron chi connectivity index (χ3n) is 6.02. The molecule has 3 aromatic rings. The fourth-order valence-electron chi connectivity index (χ4n) is 4.28. The Bertz CT molecular complexity index is 1550. The average Bonchev–Trinajstić information content (AvgIpc) is 3.40. The number of carbonyl (C=O) groups excluding carboxylic acids is 3. The number of thioether (sulfide) groups is 1. The molecule has 1 saturated heterocycles. The normalized spacial score (nSPS) is 21.7. The maximum Gasteiger partial charge on any atom is 0.303 e. The van der Waals surface area contributed by atoms with E-state index in [4.69, 9.17) is 30.5 Å². The molecule has 220 valence electrons. The molecule has 5 atom stereocenters. The van der Waals surface area contributed by atoms with Gasteiger partial charge in [0.25, 0.3) is 0 Å². The van der Waals surface area contributed by atoms with Gasteiger partial charge in [-0.15, -0.1) is 5.10 Å². The first-order valence-corrected chi connectivity index (χ1v) is 13.6. The lowest BCUT2D eigenvalue weighted by atomic mass is 9.96. The molecule has 1 fully saturated rings. The molecule has 0 radical (unpaired) electrons. The van der Waals surface area contributed by atoms with Crippen molar-refractivity contribution in [1.29, 1.82) is 5.26 Å². The molecule has 1 aliphatic heterocycles. The molecule has 0 saturated carbocycles. The summed E-state index contributed by atoms with van der Waals surface area (Å²) in [7, 11) is 0. The molecule has 0 N–H and O–H groups in total. The summed E-state index contributed by atoms with van der Waals surface area (Å²) < 4.78 is 51.4. The molecule has 4 rings (SSSR count). The van der Waals surface area contributed by atoms with E-state index in [1.54, 1.807) is 6.07 Å². The number of hydrogen-bond acceptors (Lipinski definition) is 11. The van der Waals surface area contributed by atoms with Crippen LogP contribution in [0.5, 0.6) is 0 Å². The van der Waals surface area contributed by atoms with Gasteiger partial charge in [0, 0.05) is 31.2 Å². The fraction of sp³-hybridized carbons (Fsp3) is 0.333. The summed E-state index contributed by atoms with van der Waals surface area (Å²) in [6.07, 6.45) is -2.08.